The van der Waals surface area contributed by atoms with Gasteiger partial charge in [-0.3, -0.25) is 0 Å². The minimum absolute atomic E-state index is 0.659. The topological polar surface area (TPSA) is 27.1 Å². The number of benzene rings is 2. The van der Waals surface area contributed by atoms with Crippen molar-refractivity contribution < 1.29 is 4.74 Å². The second-order valence-electron chi connectivity index (χ2n) is 5.55. The summed E-state index contributed by atoms with van der Waals surface area (Å²) in [6.07, 6.45) is 10.9. The van der Waals surface area contributed by atoms with Crippen LogP contribution in [0.4, 0.5) is 0 Å². The van der Waals surface area contributed by atoms with E-state index in [9.17, 15) is 0 Å². The van der Waals surface area contributed by atoms with Crippen LogP contribution in [0.3, 0.4) is 0 Å². The van der Waals surface area contributed by atoms with E-state index < -0.39 is 0 Å². The Morgan fingerprint density at radius 1 is 1.04 bits per heavy atom. The van der Waals surface area contributed by atoms with Crippen LogP contribution in [0.2, 0.25) is 0 Å². The van der Waals surface area contributed by atoms with Gasteiger partial charge in [0.25, 0.3) is 0 Å². The highest BCUT2D eigenvalue weighted by molar-refractivity contribution is 5.74. The van der Waals surface area contributed by atoms with Gasteiger partial charge in [-0.15, -0.1) is 0 Å². The number of aromatic nitrogens is 2. The van der Waals surface area contributed by atoms with Gasteiger partial charge in [-0.25, -0.2) is 4.98 Å². The first-order chi connectivity index (χ1) is 11.8. The zero-order chi connectivity index (χ0) is 16.8. The molecule has 0 aliphatic heterocycles. The van der Waals surface area contributed by atoms with E-state index in [0.717, 1.165) is 23.4 Å². The van der Waals surface area contributed by atoms with Crippen molar-refractivity contribution in [1.29, 1.82) is 0 Å². The number of rotatable bonds is 6. The van der Waals surface area contributed by atoms with Crippen molar-refractivity contribution in [3.8, 4) is 11.4 Å². The number of imidazole rings is 1. The molecule has 0 radical (unpaired) electrons. The highest BCUT2D eigenvalue weighted by Crippen LogP contribution is 2.23. The number of aryl methyl sites for hydroxylation is 1. The molecule has 24 heavy (non-hydrogen) atoms. The van der Waals surface area contributed by atoms with Crippen LogP contribution in [0.25, 0.3) is 17.8 Å². The molecule has 0 spiro atoms. The average molecular weight is 318 g/mol. The van der Waals surface area contributed by atoms with E-state index >= 15 is 0 Å². The summed E-state index contributed by atoms with van der Waals surface area (Å²) in [6.45, 7) is 4.82. The molecule has 2 aromatic carbocycles. The van der Waals surface area contributed by atoms with Gasteiger partial charge in [-0.05, 0) is 42.7 Å². The Kier molecular flexibility index (Phi) is 5.12. The predicted molar refractivity (Wildman–Crippen MR) is 99.5 cm³/mol. The van der Waals surface area contributed by atoms with Crippen LogP contribution in [0.15, 0.2) is 61.2 Å². The summed E-state index contributed by atoms with van der Waals surface area (Å²) in [5.41, 5.74) is 4.71. The highest BCUT2D eigenvalue weighted by atomic mass is 16.5. The minimum atomic E-state index is 0.659. The Labute approximate surface area is 143 Å². The fourth-order valence-electron chi connectivity index (χ4n) is 2.61. The second kappa shape index (κ2) is 7.64. The van der Waals surface area contributed by atoms with Gasteiger partial charge in [0.15, 0.2) is 0 Å². The lowest BCUT2D eigenvalue weighted by atomic mass is 10.1. The molecule has 0 amide bonds. The highest BCUT2D eigenvalue weighted by Gasteiger charge is 2.04. The van der Waals surface area contributed by atoms with E-state index in [1.807, 2.05) is 30.1 Å². The van der Waals surface area contributed by atoms with Gasteiger partial charge >= 0.3 is 0 Å². The van der Waals surface area contributed by atoms with Gasteiger partial charge in [0.1, 0.15) is 5.75 Å². The Balaban J connectivity index is 1.94. The van der Waals surface area contributed by atoms with E-state index in [2.05, 4.69) is 60.5 Å². The van der Waals surface area contributed by atoms with Crippen molar-refractivity contribution >= 4 is 12.2 Å². The van der Waals surface area contributed by atoms with Gasteiger partial charge in [-0.1, -0.05) is 43.3 Å². The molecular formula is C21H22N2O. The summed E-state index contributed by atoms with van der Waals surface area (Å²) in [5.74, 6) is 0.877. The molecule has 0 bridgehead atoms. The fourth-order valence-corrected chi connectivity index (χ4v) is 2.61. The van der Waals surface area contributed by atoms with Gasteiger partial charge in [-0.2, -0.15) is 0 Å². The molecule has 1 heterocycles. The first kappa shape index (κ1) is 16.1. The molecule has 122 valence electrons. The largest absolute Gasteiger partial charge is 0.494 e. The Hall–Kier alpha value is -2.81. The van der Waals surface area contributed by atoms with Crippen molar-refractivity contribution in [1.82, 2.24) is 9.55 Å². The third kappa shape index (κ3) is 3.74. The molecule has 0 N–H and O–H groups in total. The number of ether oxygens (including phenoxy) is 1. The summed E-state index contributed by atoms with van der Waals surface area (Å²) >= 11 is 0. The molecule has 3 aromatic rings. The lowest BCUT2D eigenvalue weighted by Crippen LogP contribution is -1.97. The standard InChI is InChI=1S/C21H22N2O/c1-3-17-5-7-18(8-6-17)9-10-19-15-20(24-4-2)11-12-21(19)23-14-13-22-16-23/h5-16H,3-4H2,1-2H3/b10-9+. The summed E-state index contributed by atoms with van der Waals surface area (Å²) in [7, 11) is 0. The van der Waals surface area contributed by atoms with E-state index in [-0.39, 0.29) is 0 Å². The second-order valence-corrected chi connectivity index (χ2v) is 5.55. The van der Waals surface area contributed by atoms with E-state index in [0.29, 0.717) is 6.61 Å². The molecule has 3 rings (SSSR count). The first-order valence-electron chi connectivity index (χ1n) is 8.32. The van der Waals surface area contributed by atoms with Gasteiger partial charge in [0.05, 0.1) is 18.6 Å². The van der Waals surface area contributed by atoms with Crippen molar-refractivity contribution in [2.75, 3.05) is 6.61 Å². The maximum absolute atomic E-state index is 5.64. The zero-order valence-electron chi connectivity index (χ0n) is 14.1. The molecule has 0 unspecified atom stereocenters. The van der Waals surface area contributed by atoms with E-state index in [1.165, 1.54) is 11.1 Å². The summed E-state index contributed by atoms with van der Waals surface area (Å²) in [6, 6.07) is 14.8. The van der Waals surface area contributed by atoms with Gasteiger partial charge in [0, 0.05) is 18.0 Å². The molecule has 3 heteroatoms. The maximum Gasteiger partial charge on any atom is 0.120 e. The molecular weight excluding hydrogens is 296 g/mol. The monoisotopic (exact) mass is 318 g/mol. The number of nitrogens with zero attached hydrogens (tertiary/aromatic N) is 2. The average Bonchev–Trinajstić information content (AvgIpc) is 3.15. The van der Waals surface area contributed by atoms with E-state index in [4.69, 9.17) is 4.74 Å². The summed E-state index contributed by atoms with van der Waals surface area (Å²) in [4.78, 5) is 4.14. The van der Waals surface area contributed by atoms with Crippen LogP contribution in [-0.2, 0) is 6.42 Å². The van der Waals surface area contributed by atoms with E-state index in [1.54, 1.807) is 6.20 Å². The molecule has 0 saturated carbocycles. The third-order valence-electron chi connectivity index (χ3n) is 3.94. The van der Waals surface area contributed by atoms with Gasteiger partial charge < -0.3 is 9.30 Å². The smallest absolute Gasteiger partial charge is 0.120 e. The third-order valence-corrected chi connectivity index (χ3v) is 3.94. The normalized spacial score (nSPS) is 11.1. The van der Waals surface area contributed by atoms with Crippen molar-refractivity contribution in [2.24, 2.45) is 0 Å². The van der Waals surface area contributed by atoms with Crippen LogP contribution >= 0.6 is 0 Å². The Bertz CT molecular complexity index is 802. The van der Waals surface area contributed by atoms with Crippen LogP contribution in [0, 0.1) is 0 Å². The molecule has 0 aliphatic carbocycles. The van der Waals surface area contributed by atoms with Crippen LogP contribution in [-0.4, -0.2) is 16.2 Å². The maximum atomic E-state index is 5.64. The summed E-state index contributed by atoms with van der Waals surface area (Å²) < 4.78 is 7.65. The molecule has 0 atom stereocenters. The minimum Gasteiger partial charge on any atom is -0.494 e. The van der Waals surface area contributed by atoms with Crippen molar-refractivity contribution in [3.63, 3.8) is 0 Å². The summed E-state index contributed by atoms with van der Waals surface area (Å²) in [5, 5.41) is 0. The van der Waals surface area contributed by atoms with Crippen LogP contribution < -0.4 is 4.74 Å². The number of hydrogen-bond acceptors (Lipinski definition) is 2. The lowest BCUT2D eigenvalue weighted by Gasteiger charge is -2.10. The lowest BCUT2D eigenvalue weighted by molar-refractivity contribution is 0.340. The predicted octanol–water partition coefficient (Wildman–Crippen LogP) is 5.00. The molecule has 0 saturated heterocycles. The molecule has 3 nitrogen and oxygen atoms in total. The number of hydrogen-bond donors (Lipinski definition) is 0. The van der Waals surface area contributed by atoms with Gasteiger partial charge in [0.2, 0.25) is 0 Å². The van der Waals surface area contributed by atoms with Crippen molar-refractivity contribution in [2.45, 2.75) is 20.3 Å². The van der Waals surface area contributed by atoms with Crippen LogP contribution in [0.5, 0.6) is 5.75 Å². The van der Waals surface area contributed by atoms with Crippen LogP contribution in [0.1, 0.15) is 30.5 Å². The fraction of sp³-hybridized carbons (Fsp3) is 0.190. The zero-order valence-corrected chi connectivity index (χ0v) is 14.1. The SMILES string of the molecule is CCOc1ccc(-n2ccnc2)c(/C=C/c2ccc(CC)cc2)c1. The quantitative estimate of drug-likeness (QED) is 0.598. The molecule has 0 fully saturated rings. The first-order valence-corrected chi connectivity index (χ1v) is 8.32. The molecule has 1 aromatic heterocycles. The van der Waals surface area contributed by atoms with Crippen molar-refractivity contribution in [3.05, 3.63) is 77.9 Å². The molecule has 0 aliphatic rings. The Morgan fingerprint density at radius 2 is 1.88 bits per heavy atom. The Morgan fingerprint density at radius 3 is 2.54 bits per heavy atom.